The first-order valence-corrected chi connectivity index (χ1v) is 26.2. The third-order valence-corrected chi connectivity index (χ3v) is 13.9. The molecule has 4 aliphatic heterocycles. The van der Waals surface area contributed by atoms with Gasteiger partial charge in [-0.05, 0) is 94.5 Å². The first-order chi connectivity index (χ1) is 37.8. The van der Waals surface area contributed by atoms with E-state index in [1.165, 1.54) is 41.2 Å². The summed E-state index contributed by atoms with van der Waals surface area (Å²) < 4.78 is 34.1. The Morgan fingerprint density at radius 1 is 0.696 bits per heavy atom. The number of methoxy groups -OCH3 is 1. The van der Waals surface area contributed by atoms with Crippen LogP contribution in [0.3, 0.4) is 0 Å². The molecule has 3 aromatic rings. The van der Waals surface area contributed by atoms with Gasteiger partial charge in [0.15, 0.2) is 24.0 Å². The van der Waals surface area contributed by atoms with Crippen LogP contribution in [0.2, 0.25) is 0 Å². The highest BCUT2D eigenvalue weighted by Crippen LogP contribution is 2.43. The van der Waals surface area contributed by atoms with E-state index in [-0.39, 0.29) is 85.4 Å². The van der Waals surface area contributed by atoms with Gasteiger partial charge in [0.25, 0.3) is 17.6 Å². The van der Waals surface area contributed by atoms with Crippen molar-refractivity contribution >= 4 is 53.0 Å². The van der Waals surface area contributed by atoms with Crippen molar-refractivity contribution in [3.8, 4) is 17.2 Å². The molecule has 21 heteroatoms. The Bertz CT molecular complexity index is 2900. The lowest BCUT2D eigenvalue weighted by Gasteiger charge is -2.31. The molecule has 4 heterocycles. The Balaban J connectivity index is 0.968. The van der Waals surface area contributed by atoms with Gasteiger partial charge in [-0.25, -0.2) is 24.2 Å². The fraction of sp³-hybridized carbons (Fsp3) is 0.431. The monoisotopic (exact) mass is 1090 g/mol. The lowest BCUT2D eigenvalue weighted by molar-refractivity contribution is -0.154. The molecule has 0 saturated heterocycles. The quantitative estimate of drug-likeness (QED) is 0.0253. The van der Waals surface area contributed by atoms with Gasteiger partial charge in [0.05, 0.1) is 61.0 Å². The number of ketones is 1. The number of nitrogens with one attached hydrogen (secondary N) is 2. The maximum atomic E-state index is 14.2. The van der Waals surface area contributed by atoms with Gasteiger partial charge in [0, 0.05) is 31.1 Å². The summed E-state index contributed by atoms with van der Waals surface area (Å²) in [5.74, 6) is -2.72. The lowest BCUT2D eigenvalue weighted by Crippen LogP contribution is -2.52. The number of Topliss-reactive ketones (excluding diaryl/α,β-unsaturated/α-hetero) is 1. The first-order valence-electron chi connectivity index (χ1n) is 26.2. The number of benzene rings is 3. The first kappa shape index (κ1) is 58.7. The fourth-order valence-electron chi connectivity index (χ4n) is 9.68. The van der Waals surface area contributed by atoms with Gasteiger partial charge in [0.2, 0.25) is 5.91 Å². The van der Waals surface area contributed by atoms with Gasteiger partial charge in [-0.2, -0.15) is 0 Å². The van der Waals surface area contributed by atoms with Crippen molar-refractivity contribution in [3.63, 3.8) is 0 Å². The number of carbonyl (C=O) groups excluding carboxylic acids is 7. The van der Waals surface area contributed by atoms with E-state index in [4.69, 9.17) is 28.4 Å². The van der Waals surface area contributed by atoms with Crippen LogP contribution in [0.1, 0.15) is 104 Å². The Morgan fingerprint density at radius 2 is 1.22 bits per heavy atom. The second-order valence-electron chi connectivity index (χ2n) is 20.2. The summed E-state index contributed by atoms with van der Waals surface area (Å²) >= 11 is 0. The van der Waals surface area contributed by atoms with Gasteiger partial charge in [-0.1, -0.05) is 74.6 Å². The van der Waals surface area contributed by atoms with Crippen molar-refractivity contribution in [1.82, 2.24) is 20.4 Å². The molecular weight excluding hydrogens is 1020 g/mol. The van der Waals surface area contributed by atoms with Crippen molar-refractivity contribution < 1.29 is 72.2 Å². The highest BCUT2D eigenvalue weighted by Gasteiger charge is 2.47. The minimum Gasteiger partial charge on any atom is -0.493 e. The van der Waals surface area contributed by atoms with E-state index in [0.717, 1.165) is 26.5 Å². The van der Waals surface area contributed by atoms with Crippen molar-refractivity contribution in [1.29, 1.82) is 0 Å². The summed E-state index contributed by atoms with van der Waals surface area (Å²) in [7, 11) is 1.43. The van der Waals surface area contributed by atoms with E-state index >= 15 is 0 Å². The van der Waals surface area contributed by atoms with Crippen LogP contribution >= 0.6 is 0 Å². The van der Waals surface area contributed by atoms with Crippen LogP contribution in [-0.4, -0.2) is 132 Å². The molecule has 0 aromatic heterocycles. The molecule has 0 spiro atoms. The van der Waals surface area contributed by atoms with Crippen LogP contribution in [0.5, 0.6) is 17.2 Å². The molecule has 79 heavy (non-hydrogen) atoms. The second-order valence-corrected chi connectivity index (χ2v) is 20.2. The summed E-state index contributed by atoms with van der Waals surface area (Å²) in [6, 6.07) is 9.93. The predicted octanol–water partition coefficient (Wildman–Crippen LogP) is 6.72. The largest absolute Gasteiger partial charge is 0.493 e. The highest BCUT2D eigenvalue weighted by molar-refractivity contribution is 6.36. The van der Waals surface area contributed by atoms with Gasteiger partial charge < -0.3 is 59.1 Å². The van der Waals surface area contributed by atoms with Crippen LogP contribution < -0.4 is 34.6 Å². The number of unbranched alkanes of at least 4 members (excludes halogenated alkanes) is 2. The molecule has 0 aliphatic carbocycles. The molecule has 0 bridgehead atoms. The number of nitrogens with zero attached hydrogens (tertiary/aromatic N) is 4. The standard InChI is InChI=1S/C58H70N6O15/c1-10-19-77-56(71)50(65)49(33(3)4)60-51(66)37(8)59-29-38-15-17-39(18-16-38)32-79-58(73)64-43-28-48(47(74-9)26-41(43)53(68)62-31-35(6)24-45(62)55(64)70)76-22-14-12-13-21-75-46-27-42-40(25-36(46)7)52(67)61-30-34(5)23-44(61)54(69)63(42)57(72)78-20-11-2/h10-11,15-18,25-28,30-31,33,37,44-45,49,54-55,59,69-70H,1-2,12-14,19-24,29,32H2,3-9H3,(H,60,66)/t37?,44-,45-,49-,54-,55-/m0/s1. The number of fused-ring (bicyclic) bond motifs is 4. The second kappa shape index (κ2) is 26.1. The third-order valence-electron chi connectivity index (χ3n) is 13.9. The normalized spacial score (nSPS) is 19.1. The number of aliphatic hydroxyl groups is 2. The predicted molar refractivity (Wildman–Crippen MR) is 290 cm³/mol. The van der Waals surface area contributed by atoms with Crippen LogP contribution in [0.25, 0.3) is 0 Å². The Labute approximate surface area is 459 Å². The smallest absolute Gasteiger partial charge is 0.416 e. The zero-order valence-corrected chi connectivity index (χ0v) is 45.7. The highest BCUT2D eigenvalue weighted by atomic mass is 16.6. The summed E-state index contributed by atoms with van der Waals surface area (Å²) in [4.78, 5) is 98.5. The van der Waals surface area contributed by atoms with Gasteiger partial charge in [-0.15, -0.1) is 0 Å². The zero-order valence-electron chi connectivity index (χ0n) is 45.7. The fourth-order valence-corrected chi connectivity index (χ4v) is 9.68. The number of rotatable bonds is 23. The van der Waals surface area contributed by atoms with Crippen LogP contribution in [0.15, 0.2) is 97.4 Å². The van der Waals surface area contributed by atoms with E-state index in [2.05, 4.69) is 23.8 Å². The molecule has 1 unspecified atom stereocenters. The topological polar surface area (TPSA) is 252 Å². The van der Waals surface area contributed by atoms with E-state index in [9.17, 15) is 43.8 Å². The summed E-state index contributed by atoms with van der Waals surface area (Å²) in [5.41, 5.74) is 4.30. The van der Waals surface area contributed by atoms with Gasteiger partial charge >= 0.3 is 18.2 Å². The van der Waals surface area contributed by atoms with Crippen molar-refractivity contribution in [3.05, 3.63) is 125 Å². The molecule has 0 radical (unpaired) electrons. The molecule has 4 aliphatic rings. The van der Waals surface area contributed by atoms with Crippen molar-refractivity contribution in [2.45, 2.75) is 123 Å². The number of anilines is 2. The summed E-state index contributed by atoms with van der Waals surface area (Å²) in [5, 5.41) is 29.2. The van der Waals surface area contributed by atoms with E-state index in [1.54, 1.807) is 76.5 Å². The van der Waals surface area contributed by atoms with Crippen LogP contribution in [0.4, 0.5) is 21.0 Å². The number of esters is 1. The molecule has 21 nitrogen and oxygen atoms in total. The number of hydrogen-bond acceptors (Lipinski definition) is 16. The molecule has 6 atom stereocenters. The maximum absolute atomic E-state index is 14.2. The number of aliphatic hydroxyl groups excluding tert-OH is 2. The molecule has 4 N–H and O–H groups in total. The Morgan fingerprint density at radius 3 is 1.77 bits per heavy atom. The molecule has 422 valence electrons. The maximum Gasteiger partial charge on any atom is 0.416 e. The van der Waals surface area contributed by atoms with E-state index < -0.39 is 72.4 Å². The molecule has 5 amide bonds. The summed E-state index contributed by atoms with van der Waals surface area (Å²) in [6.07, 6.45) is 3.91. The lowest BCUT2D eigenvalue weighted by atomic mass is 9.99. The number of amides is 5. The van der Waals surface area contributed by atoms with E-state index in [1.807, 2.05) is 13.8 Å². The number of ether oxygens (including phenoxy) is 6. The SMILES string of the molecule is C=CCOC(=O)C(=O)[C@@H](NC(=O)C(C)NCc1ccc(COC(=O)N2c3cc(OCCCCCOc4cc5c(cc4C)C(=O)N4C=C(C)C[C@H]4[C@H](O)N5C(=O)OCC=C)c(OC)cc3C(=O)N3C=C(C)C[C@H]3[C@@H]2O)cc1)C(C)C. The number of aryl methyl sites for hydroxylation is 1. The van der Waals surface area contributed by atoms with Gasteiger partial charge in [0.1, 0.15) is 31.6 Å². The van der Waals surface area contributed by atoms with Crippen LogP contribution in [0, 0.1) is 12.8 Å². The molecular formula is C58H70N6O15. The van der Waals surface area contributed by atoms with Crippen molar-refractivity contribution in [2.75, 3.05) is 43.3 Å². The average Bonchev–Trinajstić information content (AvgIpc) is 4.10. The third kappa shape index (κ3) is 13.3. The molecule has 3 aromatic carbocycles. The minimum atomic E-state index is -1.51. The van der Waals surface area contributed by atoms with Gasteiger partial charge in [-0.3, -0.25) is 19.2 Å². The van der Waals surface area contributed by atoms with Crippen LogP contribution in [-0.2, 0) is 41.7 Å². The Kier molecular flexibility index (Phi) is 19.4. The zero-order chi connectivity index (χ0) is 57.2. The van der Waals surface area contributed by atoms with E-state index in [0.29, 0.717) is 49.0 Å². The molecule has 7 rings (SSSR count). The number of hydrogen-bond donors (Lipinski definition) is 4. The number of carbonyl (C=O) groups is 7. The minimum absolute atomic E-state index is 0.0632. The summed E-state index contributed by atoms with van der Waals surface area (Å²) in [6.45, 7) is 17.9. The Hall–Kier alpha value is -8.01. The molecule has 0 fully saturated rings. The average molecular weight is 1090 g/mol. The van der Waals surface area contributed by atoms with Crippen molar-refractivity contribution in [2.24, 2.45) is 5.92 Å². The molecule has 0 saturated carbocycles.